The van der Waals surface area contributed by atoms with Gasteiger partial charge in [-0.15, -0.1) is 11.3 Å². The van der Waals surface area contributed by atoms with Gasteiger partial charge in [0.25, 0.3) is 0 Å². The number of thiophene rings is 1. The molecule has 1 N–H and O–H groups in total. The molecule has 0 fully saturated rings. The van der Waals surface area contributed by atoms with Crippen molar-refractivity contribution in [3.05, 3.63) is 21.9 Å². The average Bonchev–Trinajstić information content (AvgIpc) is 2.50. The van der Waals surface area contributed by atoms with E-state index >= 15 is 0 Å². The molecule has 0 aliphatic carbocycles. The first-order valence-corrected chi connectivity index (χ1v) is 4.85. The summed E-state index contributed by atoms with van der Waals surface area (Å²) in [5.41, 5.74) is 0.558. The van der Waals surface area contributed by atoms with Gasteiger partial charge in [0.1, 0.15) is 0 Å². The molecule has 0 amide bonds. The average molecular weight is 200 g/mol. The van der Waals surface area contributed by atoms with Crippen LogP contribution in [0.1, 0.15) is 22.2 Å². The van der Waals surface area contributed by atoms with E-state index in [4.69, 9.17) is 5.11 Å². The Kier molecular flexibility index (Phi) is 3.45. The van der Waals surface area contributed by atoms with Crippen LogP contribution in [0, 0.1) is 0 Å². The third kappa shape index (κ3) is 2.82. The molecule has 0 aliphatic heterocycles. The van der Waals surface area contributed by atoms with Gasteiger partial charge in [-0.25, -0.2) is 4.79 Å². The molecule has 4 heteroatoms. The highest BCUT2D eigenvalue weighted by atomic mass is 32.1. The van der Waals surface area contributed by atoms with Gasteiger partial charge in [0.2, 0.25) is 0 Å². The maximum Gasteiger partial charge on any atom is 0.338 e. The lowest BCUT2D eigenvalue weighted by atomic mass is 10.2. The van der Waals surface area contributed by atoms with E-state index in [1.807, 2.05) is 0 Å². The molecule has 1 aromatic heterocycles. The number of aliphatic hydroxyl groups is 1. The third-order valence-corrected chi connectivity index (χ3v) is 2.53. The van der Waals surface area contributed by atoms with Gasteiger partial charge in [-0.2, -0.15) is 0 Å². The molecule has 72 valence electrons. The Bertz CT molecular complexity index is 291. The van der Waals surface area contributed by atoms with Crippen LogP contribution in [0.5, 0.6) is 0 Å². The molecule has 0 saturated carbocycles. The van der Waals surface area contributed by atoms with Gasteiger partial charge in [-0.1, -0.05) is 0 Å². The van der Waals surface area contributed by atoms with Crippen LogP contribution in [0.2, 0.25) is 0 Å². The summed E-state index contributed by atoms with van der Waals surface area (Å²) in [4.78, 5) is 12.0. The maximum atomic E-state index is 11.0. The Morgan fingerprint density at radius 3 is 3.00 bits per heavy atom. The van der Waals surface area contributed by atoms with Crippen LogP contribution < -0.4 is 0 Å². The first-order chi connectivity index (χ1) is 6.13. The Labute approximate surface area is 81.0 Å². The van der Waals surface area contributed by atoms with Crippen molar-refractivity contribution < 1.29 is 14.6 Å². The Morgan fingerprint density at radius 1 is 1.77 bits per heavy atom. The normalized spacial score (nSPS) is 12.5. The van der Waals surface area contributed by atoms with Crippen molar-refractivity contribution in [3.63, 3.8) is 0 Å². The molecular weight excluding hydrogens is 188 g/mol. The number of carbonyl (C=O) groups excluding carboxylic acids is 1. The second kappa shape index (κ2) is 4.39. The van der Waals surface area contributed by atoms with E-state index in [1.54, 1.807) is 18.4 Å². The summed E-state index contributed by atoms with van der Waals surface area (Å²) >= 11 is 1.46. The summed E-state index contributed by atoms with van der Waals surface area (Å²) in [5.74, 6) is -0.326. The van der Waals surface area contributed by atoms with Crippen molar-refractivity contribution in [2.24, 2.45) is 0 Å². The number of rotatable bonds is 3. The zero-order valence-electron chi connectivity index (χ0n) is 7.61. The van der Waals surface area contributed by atoms with Crippen molar-refractivity contribution >= 4 is 17.3 Å². The number of aliphatic hydroxyl groups excluding tert-OH is 1. The highest BCUT2D eigenvalue weighted by Crippen LogP contribution is 2.17. The number of carbonyl (C=O) groups is 1. The standard InChI is InChI=1S/C9H12O3S/c1-6(10)3-8-4-7(5-13-8)9(11)12-2/h4-6,10H,3H2,1-2H3/t6-/m1/s1. The zero-order chi connectivity index (χ0) is 9.84. The fourth-order valence-electron chi connectivity index (χ4n) is 1.00. The monoisotopic (exact) mass is 200 g/mol. The topological polar surface area (TPSA) is 46.5 Å². The molecule has 1 heterocycles. The highest BCUT2D eigenvalue weighted by molar-refractivity contribution is 7.10. The van der Waals surface area contributed by atoms with Crippen molar-refractivity contribution in [2.75, 3.05) is 7.11 Å². The predicted molar refractivity (Wildman–Crippen MR) is 51.0 cm³/mol. The van der Waals surface area contributed by atoms with Gasteiger partial charge in [-0.05, 0) is 13.0 Å². The number of methoxy groups -OCH3 is 1. The SMILES string of the molecule is COC(=O)c1csc(C[C@@H](C)O)c1. The van der Waals surface area contributed by atoms with Crippen LogP contribution in [-0.4, -0.2) is 24.3 Å². The van der Waals surface area contributed by atoms with Crippen molar-refractivity contribution in [1.29, 1.82) is 0 Å². The lowest BCUT2D eigenvalue weighted by molar-refractivity contribution is 0.0601. The van der Waals surface area contributed by atoms with Crippen LogP contribution in [0.25, 0.3) is 0 Å². The van der Waals surface area contributed by atoms with Crippen LogP contribution in [0.3, 0.4) is 0 Å². The lowest BCUT2D eigenvalue weighted by Gasteiger charge is -1.98. The lowest BCUT2D eigenvalue weighted by Crippen LogP contribution is -2.03. The highest BCUT2D eigenvalue weighted by Gasteiger charge is 2.09. The molecule has 1 aromatic rings. The van der Waals surface area contributed by atoms with Gasteiger partial charge < -0.3 is 9.84 Å². The van der Waals surface area contributed by atoms with Gasteiger partial charge in [0.15, 0.2) is 0 Å². The summed E-state index contributed by atoms with van der Waals surface area (Å²) in [6.07, 6.45) is 0.214. The van der Waals surface area contributed by atoms with Gasteiger partial charge in [0.05, 0.1) is 18.8 Å². The van der Waals surface area contributed by atoms with Gasteiger partial charge in [-0.3, -0.25) is 0 Å². The largest absolute Gasteiger partial charge is 0.465 e. The van der Waals surface area contributed by atoms with E-state index in [0.717, 1.165) is 4.88 Å². The van der Waals surface area contributed by atoms with Crippen LogP contribution in [0.4, 0.5) is 0 Å². The quantitative estimate of drug-likeness (QED) is 0.751. The number of hydrogen-bond acceptors (Lipinski definition) is 4. The number of esters is 1. The van der Waals surface area contributed by atoms with Gasteiger partial charge in [0, 0.05) is 16.7 Å². The maximum absolute atomic E-state index is 11.0. The summed E-state index contributed by atoms with van der Waals surface area (Å²) in [6, 6.07) is 1.75. The van der Waals surface area contributed by atoms with E-state index < -0.39 is 0 Å². The minimum Gasteiger partial charge on any atom is -0.465 e. The van der Waals surface area contributed by atoms with E-state index in [2.05, 4.69) is 4.74 Å². The van der Waals surface area contributed by atoms with Crippen molar-refractivity contribution in [1.82, 2.24) is 0 Å². The zero-order valence-corrected chi connectivity index (χ0v) is 8.43. The van der Waals surface area contributed by atoms with Crippen molar-refractivity contribution in [3.8, 4) is 0 Å². The molecule has 13 heavy (non-hydrogen) atoms. The molecular formula is C9H12O3S. The minimum absolute atomic E-state index is 0.326. The molecule has 3 nitrogen and oxygen atoms in total. The summed E-state index contributed by atoms with van der Waals surface area (Å²) < 4.78 is 4.56. The Balaban J connectivity index is 2.69. The molecule has 1 rings (SSSR count). The van der Waals surface area contributed by atoms with Crippen LogP contribution in [-0.2, 0) is 11.2 Å². The molecule has 0 spiro atoms. The van der Waals surface area contributed by atoms with Crippen LogP contribution >= 0.6 is 11.3 Å². The van der Waals surface area contributed by atoms with Gasteiger partial charge >= 0.3 is 5.97 Å². The molecule has 0 aliphatic rings. The molecule has 1 atom stereocenters. The fourth-order valence-corrected chi connectivity index (χ4v) is 1.98. The number of hydrogen-bond donors (Lipinski definition) is 1. The fraction of sp³-hybridized carbons (Fsp3) is 0.444. The van der Waals surface area contributed by atoms with E-state index in [1.165, 1.54) is 18.4 Å². The van der Waals surface area contributed by atoms with E-state index in [9.17, 15) is 4.79 Å². The first kappa shape index (κ1) is 10.2. The van der Waals surface area contributed by atoms with Crippen molar-refractivity contribution in [2.45, 2.75) is 19.4 Å². The molecule has 0 saturated heterocycles. The summed E-state index contributed by atoms with van der Waals surface area (Å²) in [5, 5.41) is 10.8. The third-order valence-electron chi connectivity index (χ3n) is 1.57. The Hall–Kier alpha value is -0.870. The molecule has 0 radical (unpaired) electrons. The molecule has 0 bridgehead atoms. The second-order valence-corrected chi connectivity index (χ2v) is 3.84. The number of ether oxygens (including phenoxy) is 1. The second-order valence-electron chi connectivity index (χ2n) is 2.85. The Morgan fingerprint density at radius 2 is 2.46 bits per heavy atom. The smallest absolute Gasteiger partial charge is 0.338 e. The van der Waals surface area contributed by atoms with E-state index in [-0.39, 0.29) is 12.1 Å². The summed E-state index contributed by atoms with van der Waals surface area (Å²) in [7, 11) is 1.36. The first-order valence-electron chi connectivity index (χ1n) is 3.97. The minimum atomic E-state index is -0.371. The van der Waals surface area contributed by atoms with Crippen LogP contribution in [0.15, 0.2) is 11.4 Å². The summed E-state index contributed by atoms with van der Waals surface area (Å²) in [6.45, 7) is 1.72. The molecule has 0 aromatic carbocycles. The molecule has 0 unspecified atom stereocenters. The van der Waals surface area contributed by atoms with E-state index in [0.29, 0.717) is 12.0 Å². The predicted octanol–water partition coefficient (Wildman–Crippen LogP) is 1.46.